The molecule has 1 aromatic heterocycles. The van der Waals surface area contributed by atoms with Gasteiger partial charge in [-0.2, -0.15) is 5.10 Å². The fourth-order valence-corrected chi connectivity index (χ4v) is 3.82. The van der Waals surface area contributed by atoms with E-state index in [1.165, 1.54) is 11.3 Å². The first-order valence-electron chi connectivity index (χ1n) is 10.2. The first-order valence-corrected chi connectivity index (χ1v) is 11.1. The molecule has 4 rings (SSSR count). The number of aromatic nitrogens is 1. The summed E-state index contributed by atoms with van der Waals surface area (Å²) < 4.78 is 16.4. The Morgan fingerprint density at radius 2 is 2.03 bits per heavy atom. The summed E-state index contributed by atoms with van der Waals surface area (Å²) in [7, 11) is 1.56. The number of hydrogen-bond donors (Lipinski definition) is 1. The maximum absolute atomic E-state index is 12.3. The van der Waals surface area contributed by atoms with Crippen LogP contribution in [-0.2, 0) is 9.53 Å². The van der Waals surface area contributed by atoms with E-state index in [-0.39, 0.29) is 12.5 Å². The molecule has 2 aromatic carbocycles. The smallest absolute Gasteiger partial charge is 0.260 e. The standard InChI is InChI=1S/C23H24N4O4S/c1-29-21-13-17(7-8-20(21)31-15-22(28)27-9-11-30-12-10-27)14-24-26-23-25-19(16-32-23)18-5-3-2-4-6-18/h2-8,13-14,16H,9-12,15H2,1H3,(H,25,26). The lowest BCUT2D eigenvalue weighted by Gasteiger charge is -2.26. The second-order valence-electron chi connectivity index (χ2n) is 6.97. The maximum atomic E-state index is 12.3. The molecule has 1 saturated heterocycles. The highest BCUT2D eigenvalue weighted by Crippen LogP contribution is 2.28. The molecule has 9 heteroatoms. The SMILES string of the molecule is COc1cc(C=NNc2nc(-c3ccccc3)cs2)ccc1OCC(=O)N1CCOCC1. The lowest BCUT2D eigenvalue weighted by atomic mass is 10.2. The molecule has 0 unspecified atom stereocenters. The van der Waals surface area contributed by atoms with Crippen molar-refractivity contribution in [3.8, 4) is 22.8 Å². The van der Waals surface area contributed by atoms with Crippen molar-refractivity contribution in [2.45, 2.75) is 0 Å². The average molecular weight is 453 g/mol. The lowest BCUT2D eigenvalue weighted by molar-refractivity contribution is -0.137. The van der Waals surface area contributed by atoms with Gasteiger partial charge >= 0.3 is 0 Å². The topological polar surface area (TPSA) is 85.3 Å². The van der Waals surface area contributed by atoms with Crippen LogP contribution < -0.4 is 14.9 Å². The summed E-state index contributed by atoms with van der Waals surface area (Å²) in [5, 5.41) is 6.95. The fourth-order valence-electron chi connectivity index (χ4n) is 3.16. The summed E-state index contributed by atoms with van der Waals surface area (Å²) in [6.07, 6.45) is 1.68. The Kier molecular flexibility index (Phi) is 7.31. The van der Waals surface area contributed by atoms with E-state index in [1.54, 1.807) is 30.4 Å². The third kappa shape index (κ3) is 5.63. The minimum absolute atomic E-state index is 0.0425. The number of anilines is 1. The van der Waals surface area contributed by atoms with Gasteiger partial charge in [0.25, 0.3) is 5.91 Å². The van der Waals surface area contributed by atoms with Crippen LogP contribution in [0.5, 0.6) is 11.5 Å². The molecule has 1 aliphatic heterocycles. The molecule has 0 aliphatic carbocycles. The third-order valence-corrected chi connectivity index (χ3v) is 5.60. The van der Waals surface area contributed by atoms with Gasteiger partial charge in [-0.05, 0) is 23.8 Å². The van der Waals surface area contributed by atoms with Gasteiger partial charge in [0.05, 0.1) is 32.2 Å². The van der Waals surface area contributed by atoms with E-state index in [0.29, 0.717) is 42.9 Å². The Bertz CT molecular complexity index is 1060. The molecule has 0 radical (unpaired) electrons. The normalized spacial score (nSPS) is 13.8. The van der Waals surface area contributed by atoms with Crippen molar-refractivity contribution in [3.63, 3.8) is 0 Å². The molecule has 1 amide bonds. The number of nitrogens with zero attached hydrogens (tertiary/aromatic N) is 3. The van der Waals surface area contributed by atoms with Crippen LogP contribution in [0.2, 0.25) is 0 Å². The number of carbonyl (C=O) groups is 1. The minimum Gasteiger partial charge on any atom is -0.493 e. The molecular formula is C23H24N4O4S. The summed E-state index contributed by atoms with van der Waals surface area (Å²) >= 11 is 1.49. The highest BCUT2D eigenvalue weighted by Gasteiger charge is 2.18. The molecule has 1 aliphatic rings. The van der Waals surface area contributed by atoms with Crippen LogP contribution in [0.25, 0.3) is 11.3 Å². The van der Waals surface area contributed by atoms with Crippen molar-refractivity contribution in [2.75, 3.05) is 45.4 Å². The maximum Gasteiger partial charge on any atom is 0.260 e. The number of amides is 1. The Morgan fingerprint density at radius 1 is 1.22 bits per heavy atom. The molecule has 166 valence electrons. The summed E-state index contributed by atoms with van der Waals surface area (Å²) in [5.41, 5.74) is 5.75. The number of methoxy groups -OCH3 is 1. The van der Waals surface area contributed by atoms with Gasteiger partial charge in [-0.15, -0.1) is 11.3 Å². The van der Waals surface area contributed by atoms with E-state index in [0.717, 1.165) is 16.8 Å². The van der Waals surface area contributed by atoms with Gasteiger partial charge in [-0.3, -0.25) is 10.2 Å². The highest BCUT2D eigenvalue weighted by atomic mass is 32.1. The van der Waals surface area contributed by atoms with Crippen LogP contribution in [0.1, 0.15) is 5.56 Å². The molecule has 0 spiro atoms. The molecule has 2 heterocycles. The number of carbonyl (C=O) groups excluding carboxylic acids is 1. The van der Waals surface area contributed by atoms with Gasteiger partial charge in [0, 0.05) is 24.0 Å². The van der Waals surface area contributed by atoms with Crippen LogP contribution in [0, 0.1) is 0 Å². The molecule has 0 atom stereocenters. The van der Waals surface area contributed by atoms with Gasteiger partial charge < -0.3 is 19.1 Å². The molecule has 0 saturated carbocycles. The number of morpholine rings is 1. The van der Waals surface area contributed by atoms with Gasteiger partial charge in [-0.1, -0.05) is 30.3 Å². The van der Waals surface area contributed by atoms with Gasteiger partial charge in [0.2, 0.25) is 5.13 Å². The van der Waals surface area contributed by atoms with Gasteiger partial charge in [-0.25, -0.2) is 4.98 Å². The molecule has 32 heavy (non-hydrogen) atoms. The second kappa shape index (κ2) is 10.7. The molecule has 0 bridgehead atoms. The highest BCUT2D eigenvalue weighted by molar-refractivity contribution is 7.14. The van der Waals surface area contributed by atoms with E-state index in [4.69, 9.17) is 14.2 Å². The van der Waals surface area contributed by atoms with Crippen molar-refractivity contribution in [1.82, 2.24) is 9.88 Å². The van der Waals surface area contributed by atoms with Crippen molar-refractivity contribution < 1.29 is 19.0 Å². The fraction of sp³-hybridized carbons (Fsp3) is 0.261. The first kappa shape index (κ1) is 21.8. The van der Waals surface area contributed by atoms with Crippen LogP contribution in [0.4, 0.5) is 5.13 Å². The number of thiazole rings is 1. The zero-order chi connectivity index (χ0) is 22.2. The predicted molar refractivity (Wildman–Crippen MR) is 125 cm³/mol. The zero-order valence-electron chi connectivity index (χ0n) is 17.7. The summed E-state index contributed by atoms with van der Waals surface area (Å²) in [6, 6.07) is 15.4. The number of hydrazone groups is 1. The van der Waals surface area contributed by atoms with E-state index >= 15 is 0 Å². The van der Waals surface area contributed by atoms with Crippen LogP contribution in [0.15, 0.2) is 59.0 Å². The van der Waals surface area contributed by atoms with E-state index in [2.05, 4.69) is 15.5 Å². The molecular weight excluding hydrogens is 428 g/mol. The predicted octanol–water partition coefficient (Wildman–Crippen LogP) is 3.50. The minimum atomic E-state index is -0.0662. The van der Waals surface area contributed by atoms with Crippen molar-refractivity contribution in [3.05, 3.63) is 59.5 Å². The Morgan fingerprint density at radius 3 is 2.81 bits per heavy atom. The largest absolute Gasteiger partial charge is 0.493 e. The van der Waals surface area contributed by atoms with E-state index in [9.17, 15) is 4.79 Å². The Labute approximate surface area is 190 Å². The van der Waals surface area contributed by atoms with E-state index in [1.807, 2.05) is 41.8 Å². The van der Waals surface area contributed by atoms with Crippen LogP contribution in [-0.4, -0.2) is 62.0 Å². The number of rotatable bonds is 8. The first-order chi connectivity index (χ1) is 15.7. The molecule has 1 fully saturated rings. The number of nitrogens with one attached hydrogen (secondary N) is 1. The van der Waals surface area contributed by atoms with Crippen molar-refractivity contribution >= 4 is 28.6 Å². The van der Waals surface area contributed by atoms with Gasteiger partial charge in [0.1, 0.15) is 0 Å². The van der Waals surface area contributed by atoms with Crippen LogP contribution >= 0.6 is 11.3 Å². The lowest BCUT2D eigenvalue weighted by Crippen LogP contribution is -2.43. The Hall–Kier alpha value is -3.43. The quantitative estimate of drug-likeness (QED) is 0.416. The molecule has 8 nitrogen and oxygen atoms in total. The van der Waals surface area contributed by atoms with Crippen LogP contribution in [0.3, 0.4) is 0 Å². The van der Waals surface area contributed by atoms with Crippen molar-refractivity contribution in [1.29, 1.82) is 0 Å². The zero-order valence-corrected chi connectivity index (χ0v) is 18.5. The monoisotopic (exact) mass is 452 g/mol. The van der Waals surface area contributed by atoms with Gasteiger partial charge in [0.15, 0.2) is 18.1 Å². The summed E-state index contributed by atoms with van der Waals surface area (Å²) in [4.78, 5) is 18.6. The Balaban J connectivity index is 1.33. The molecule has 1 N–H and O–H groups in total. The average Bonchev–Trinajstić information content (AvgIpc) is 3.33. The number of ether oxygens (including phenoxy) is 3. The third-order valence-electron chi connectivity index (χ3n) is 4.85. The molecule has 3 aromatic rings. The number of hydrogen-bond acceptors (Lipinski definition) is 8. The summed E-state index contributed by atoms with van der Waals surface area (Å²) in [5.74, 6) is 0.972. The van der Waals surface area contributed by atoms with E-state index < -0.39 is 0 Å². The second-order valence-corrected chi connectivity index (χ2v) is 7.82. The summed E-state index contributed by atoms with van der Waals surface area (Å²) in [6.45, 7) is 2.26. The van der Waals surface area contributed by atoms with Crippen molar-refractivity contribution in [2.24, 2.45) is 5.10 Å². The number of benzene rings is 2.